The van der Waals surface area contributed by atoms with E-state index in [2.05, 4.69) is 0 Å². The normalized spacial score (nSPS) is 18.7. The average Bonchev–Trinajstić information content (AvgIpc) is 2.30. The molecule has 0 aliphatic heterocycles. The predicted molar refractivity (Wildman–Crippen MR) is 79.4 cm³/mol. The molecule has 0 bridgehead atoms. The van der Waals surface area contributed by atoms with Gasteiger partial charge in [0, 0.05) is 12.6 Å². The zero-order valence-corrected chi connectivity index (χ0v) is 12.6. The second-order valence-corrected chi connectivity index (χ2v) is 6.01. The molecule has 4 heteroatoms. The molecule has 0 spiro atoms. The molecule has 1 fully saturated rings. The van der Waals surface area contributed by atoms with Crippen LogP contribution in [0.4, 0.5) is 0 Å². The lowest BCUT2D eigenvalue weighted by Gasteiger charge is -2.36. The predicted octanol–water partition coefficient (Wildman–Crippen LogP) is 2.73. The van der Waals surface area contributed by atoms with Crippen LogP contribution in [0.2, 0.25) is 0 Å². The quantitative estimate of drug-likeness (QED) is 0.781. The Balaban J connectivity index is 2.79. The third kappa shape index (κ3) is 3.67. The summed E-state index contributed by atoms with van der Waals surface area (Å²) in [5.41, 5.74) is 5.74. The van der Waals surface area contributed by atoms with E-state index in [1.165, 1.54) is 19.3 Å². The van der Waals surface area contributed by atoms with E-state index in [9.17, 15) is 4.79 Å². The largest absolute Gasteiger partial charge is 0.393 e. The van der Waals surface area contributed by atoms with Crippen LogP contribution in [-0.4, -0.2) is 28.4 Å². The van der Waals surface area contributed by atoms with Gasteiger partial charge in [0.15, 0.2) is 0 Å². The summed E-state index contributed by atoms with van der Waals surface area (Å²) < 4.78 is 0. The molecular formula is C14H26N2OS. The fourth-order valence-corrected chi connectivity index (χ4v) is 3.27. The van der Waals surface area contributed by atoms with E-state index < -0.39 is 0 Å². The first kappa shape index (κ1) is 15.4. The maximum Gasteiger partial charge on any atom is 0.233 e. The molecule has 1 atom stereocenters. The lowest BCUT2D eigenvalue weighted by molar-refractivity contribution is -0.137. The van der Waals surface area contributed by atoms with Crippen molar-refractivity contribution in [1.29, 1.82) is 0 Å². The molecule has 104 valence electrons. The summed E-state index contributed by atoms with van der Waals surface area (Å²) in [5, 5.41) is 0. The molecule has 1 amide bonds. The van der Waals surface area contributed by atoms with Crippen LogP contribution >= 0.6 is 12.2 Å². The molecule has 0 heterocycles. The molecule has 3 nitrogen and oxygen atoms in total. The van der Waals surface area contributed by atoms with Crippen molar-refractivity contribution in [1.82, 2.24) is 4.90 Å². The Bertz CT molecular complexity index is 298. The monoisotopic (exact) mass is 270 g/mol. The van der Waals surface area contributed by atoms with Crippen LogP contribution in [-0.2, 0) is 4.79 Å². The summed E-state index contributed by atoms with van der Waals surface area (Å²) >= 11 is 5.07. The van der Waals surface area contributed by atoms with E-state index in [-0.39, 0.29) is 17.7 Å². The van der Waals surface area contributed by atoms with E-state index in [0.29, 0.717) is 11.0 Å². The van der Waals surface area contributed by atoms with Gasteiger partial charge >= 0.3 is 0 Å². The summed E-state index contributed by atoms with van der Waals surface area (Å²) in [6.07, 6.45) is 6.01. The minimum absolute atomic E-state index is 0.131. The Hall–Kier alpha value is -0.640. The summed E-state index contributed by atoms with van der Waals surface area (Å²) in [6.45, 7) is 6.83. The van der Waals surface area contributed by atoms with E-state index in [1.54, 1.807) is 0 Å². The van der Waals surface area contributed by atoms with Crippen LogP contribution in [0.5, 0.6) is 0 Å². The summed E-state index contributed by atoms with van der Waals surface area (Å²) in [5.74, 6) is 0.00131. The molecule has 18 heavy (non-hydrogen) atoms. The smallest absolute Gasteiger partial charge is 0.233 e. The van der Waals surface area contributed by atoms with Crippen LogP contribution in [0.1, 0.15) is 52.9 Å². The fourth-order valence-electron chi connectivity index (χ4n) is 2.90. The topological polar surface area (TPSA) is 46.3 Å². The molecule has 0 saturated heterocycles. The SMILES string of the molecule is CCN(C(=O)C(C(N)=S)C(C)C)C1CCCCC1. The molecule has 0 radical (unpaired) electrons. The molecule has 0 aromatic carbocycles. The number of thiocarbonyl (C=S) groups is 1. The highest BCUT2D eigenvalue weighted by Gasteiger charge is 2.32. The first-order chi connectivity index (χ1) is 8.49. The molecule has 0 aromatic heterocycles. The molecule has 1 aliphatic carbocycles. The summed E-state index contributed by atoms with van der Waals surface area (Å²) in [6, 6.07) is 0.395. The fraction of sp³-hybridized carbons (Fsp3) is 0.857. The van der Waals surface area contributed by atoms with Gasteiger partial charge in [0.1, 0.15) is 0 Å². The van der Waals surface area contributed by atoms with E-state index >= 15 is 0 Å². The van der Waals surface area contributed by atoms with Crippen LogP contribution in [0, 0.1) is 11.8 Å². The van der Waals surface area contributed by atoms with Crippen molar-refractivity contribution in [3.63, 3.8) is 0 Å². The van der Waals surface area contributed by atoms with Crippen molar-refractivity contribution in [2.45, 2.75) is 58.9 Å². The highest BCUT2D eigenvalue weighted by molar-refractivity contribution is 7.80. The van der Waals surface area contributed by atoms with Gasteiger partial charge in [0.2, 0.25) is 5.91 Å². The summed E-state index contributed by atoms with van der Waals surface area (Å²) in [4.78, 5) is 15.0. The van der Waals surface area contributed by atoms with Gasteiger partial charge in [0.25, 0.3) is 0 Å². The average molecular weight is 270 g/mol. The lowest BCUT2D eigenvalue weighted by Crippen LogP contribution is -2.48. The highest BCUT2D eigenvalue weighted by Crippen LogP contribution is 2.25. The van der Waals surface area contributed by atoms with Gasteiger partial charge < -0.3 is 10.6 Å². The Morgan fingerprint density at radius 3 is 2.28 bits per heavy atom. The second kappa shape index (κ2) is 7.07. The Morgan fingerprint density at radius 1 is 1.33 bits per heavy atom. The molecule has 1 saturated carbocycles. The van der Waals surface area contributed by atoms with E-state index in [1.807, 2.05) is 25.7 Å². The minimum Gasteiger partial charge on any atom is -0.393 e. The van der Waals surface area contributed by atoms with Crippen molar-refractivity contribution in [2.24, 2.45) is 17.6 Å². The number of nitrogens with zero attached hydrogens (tertiary/aromatic N) is 1. The third-order valence-corrected chi connectivity index (χ3v) is 4.13. The van der Waals surface area contributed by atoms with Crippen molar-refractivity contribution >= 4 is 23.1 Å². The van der Waals surface area contributed by atoms with Gasteiger partial charge in [-0.1, -0.05) is 45.3 Å². The van der Waals surface area contributed by atoms with E-state index in [4.69, 9.17) is 18.0 Å². The zero-order chi connectivity index (χ0) is 13.7. The first-order valence-corrected chi connectivity index (χ1v) is 7.49. The van der Waals surface area contributed by atoms with Gasteiger partial charge in [0.05, 0.1) is 10.9 Å². The minimum atomic E-state index is -0.304. The van der Waals surface area contributed by atoms with Gasteiger partial charge in [-0.3, -0.25) is 4.79 Å². The van der Waals surface area contributed by atoms with Crippen LogP contribution in [0.15, 0.2) is 0 Å². The number of hydrogen-bond acceptors (Lipinski definition) is 2. The molecule has 2 N–H and O–H groups in total. The van der Waals surface area contributed by atoms with E-state index in [0.717, 1.165) is 19.4 Å². The molecule has 1 rings (SSSR count). The summed E-state index contributed by atoms with van der Waals surface area (Å²) in [7, 11) is 0. The standard InChI is InChI=1S/C14H26N2OS/c1-4-16(11-8-6-5-7-9-11)14(17)12(10(2)3)13(15)18/h10-12H,4-9H2,1-3H3,(H2,15,18). The van der Waals surface area contributed by atoms with Gasteiger partial charge in [-0.15, -0.1) is 0 Å². The highest BCUT2D eigenvalue weighted by atomic mass is 32.1. The van der Waals surface area contributed by atoms with Gasteiger partial charge in [-0.25, -0.2) is 0 Å². The molecule has 1 unspecified atom stereocenters. The molecule has 1 aliphatic rings. The molecule has 0 aromatic rings. The first-order valence-electron chi connectivity index (χ1n) is 7.08. The van der Waals surface area contributed by atoms with Crippen LogP contribution in [0.25, 0.3) is 0 Å². The lowest BCUT2D eigenvalue weighted by atomic mass is 9.90. The maximum atomic E-state index is 12.6. The Labute approximate surface area is 116 Å². The Kier molecular flexibility index (Phi) is 6.06. The van der Waals surface area contributed by atoms with Crippen LogP contribution < -0.4 is 5.73 Å². The molecular weight excluding hydrogens is 244 g/mol. The second-order valence-electron chi connectivity index (χ2n) is 5.54. The number of carbonyl (C=O) groups is 1. The third-order valence-electron chi connectivity index (χ3n) is 3.88. The van der Waals surface area contributed by atoms with Crippen molar-refractivity contribution in [3.8, 4) is 0 Å². The number of hydrogen-bond donors (Lipinski definition) is 1. The van der Waals surface area contributed by atoms with Crippen molar-refractivity contribution in [2.75, 3.05) is 6.54 Å². The number of carbonyl (C=O) groups excluding carboxylic acids is 1. The van der Waals surface area contributed by atoms with Crippen molar-refractivity contribution in [3.05, 3.63) is 0 Å². The Morgan fingerprint density at radius 2 is 1.89 bits per heavy atom. The number of amides is 1. The van der Waals surface area contributed by atoms with Crippen molar-refractivity contribution < 1.29 is 4.79 Å². The zero-order valence-electron chi connectivity index (χ0n) is 11.8. The number of rotatable bonds is 5. The van der Waals surface area contributed by atoms with Gasteiger partial charge in [-0.2, -0.15) is 0 Å². The maximum absolute atomic E-state index is 12.6. The van der Waals surface area contributed by atoms with Gasteiger partial charge in [-0.05, 0) is 25.7 Å². The number of nitrogens with two attached hydrogens (primary N) is 1. The van der Waals surface area contributed by atoms with Crippen LogP contribution in [0.3, 0.4) is 0 Å².